The summed E-state index contributed by atoms with van der Waals surface area (Å²) < 4.78 is 0. The largest absolute Gasteiger partial charge is 0.316 e. The topological polar surface area (TPSA) is 29.3 Å². The smallest absolute Gasteiger partial charge is 0.0452 e. The van der Waals surface area contributed by atoms with Gasteiger partial charge in [-0.3, -0.25) is 0 Å². The van der Waals surface area contributed by atoms with Crippen molar-refractivity contribution in [1.82, 2.24) is 5.01 Å². The van der Waals surface area contributed by atoms with Crippen LogP contribution in [-0.4, -0.2) is 11.1 Å². The van der Waals surface area contributed by atoms with Gasteiger partial charge in [-0.2, -0.15) is 0 Å². The van der Waals surface area contributed by atoms with Gasteiger partial charge >= 0.3 is 0 Å². The van der Waals surface area contributed by atoms with Crippen LogP contribution in [0.15, 0.2) is 12.3 Å². The standard InChI is InChI=1S/C5H10N2/c1-5-3-2-4-7(5)6/h2,4-5H,3,6H2,1H3/t5-/m0/s1. The van der Waals surface area contributed by atoms with E-state index in [1.54, 1.807) is 5.01 Å². The highest BCUT2D eigenvalue weighted by Gasteiger charge is 2.07. The van der Waals surface area contributed by atoms with Gasteiger partial charge in [0.15, 0.2) is 0 Å². The predicted molar refractivity (Wildman–Crippen MR) is 29.2 cm³/mol. The normalized spacial score (nSPS) is 29.4. The van der Waals surface area contributed by atoms with Gasteiger partial charge in [-0.15, -0.1) is 0 Å². The Labute approximate surface area is 43.6 Å². The molecular formula is C5H10N2. The molecule has 0 saturated carbocycles. The third kappa shape index (κ3) is 0.747. The fourth-order valence-corrected chi connectivity index (χ4v) is 0.648. The maximum Gasteiger partial charge on any atom is 0.0452 e. The highest BCUT2D eigenvalue weighted by atomic mass is 15.4. The molecule has 1 aliphatic rings. The van der Waals surface area contributed by atoms with Crippen molar-refractivity contribution < 1.29 is 0 Å². The summed E-state index contributed by atoms with van der Waals surface area (Å²) in [6.45, 7) is 2.10. The van der Waals surface area contributed by atoms with Crippen molar-refractivity contribution in [3.05, 3.63) is 12.3 Å². The minimum absolute atomic E-state index is 0.514. The Balaban J connectivity index is 2.45. The molecule has 0 radical (unpaired) electrons. The van der Waals surface area contributed by atoms with Crippen LogP contribution >= 0.6 is 0 Å². The molecule has 0 aromatic rings. The zero-order valence-electron chi connectivity index (χ0n) is 4.46. The Hall–Kier alpha value is -0.500. The van der Waals surface area contributed by atoms with Gasteiger partial charge in [0.1, 0.15) is 0 Å². The number of rotatable bonds is 0. The third-order valence-electron chi connectivity index (χ3n) is 1.26. The lowest BCUT2D eigenvalue weighted by Crippen LogP contribution is -2.30. The van der Waals surface area contributed by atoms with Crippen LogP contribution in [0.2, 0.25) is 0 Å². The molecule has 1 aliphatic heterocycles. The molecule has 2 N–H and O–H groups in total. The molecule has 40 valence electrons. The van der Waals surface area contributed by atoms with Crippen LogP contribution in [0.3, 0.4) is 0 Å². The summed E-state index contributed by atoms with van der Waals surface area (Å²) in [6, 6.07) is 0.514. The summed E-state index contributed by atoms with van der Waals surface area (Å²) >= 11 is 0. The first-order valence-corrected chi connectivity index (χ1v) is 2.50. The number of nitrogens with two attached hydrogens (primary N) is 1. The first kappa shape index (κ1) is 4.65. The molecule has 1 rings (SSSR count). The van der Waals surface area contributed by atoms with Gasteiger partial charge in [0.05, 0.1) is 0 Å². The van der Waals surface area contributed by atoms with E-state index in [1.165, 1.54) is 0 Å². The second kappa shape index (κ2) is 1.54. The Morgan fingerprint density at radius 3 is 2.71 bits per heavy atom. The molecule has 0 unspecified atom stereocenters. The Morgan fingerprint density at radius 2 is 2.57 bits per heavy atom. The Bertz CT molecular complexity index is 88.1. The van der Waals surface area contributed by atoms with Crippen molar-refractivity contribution in [2.24, 2.45) is 5.84 Å². The van der Waals surface area contributed by atoms with Gasteiger partial charge in [0, 0.05) is 12.2 Å². The van der Waals surface area contributed by atoms with Crippen molar-refractivity contribution in [2.45, 2.75) is 19.4 Å². The van der Waals surface area contributed by atoms with Gasteiger partial charge in [-0.25, -0.2) is 5.84 Å². The van der Waals surface area contributed by atoms with E-state index in [9.17, 15) is 0 Å². The lowest BCUT2D eigenvalue weighted by atomic mass is 10.3. The van der Waals surface area contributed by atoms with Crippen molar-refractivity contribution in [3.8, 4) is 0 Å². The average Bonchev–Trinajstić information content (AvgIpc) is 1.91. The first-order chi connectivity index (χ1) is 3.30. The zero-order chi connectivity index (χ0) is 5.28. The van der Waals surface area contributed by atoms with Crippen LogP contribution in [-0.2, 0) is 0 Å². The quantitative estimate of drug-likeness (QED) is 0.446. The van der Waals surface area contributed by atoms with E-state index in [4.69, 9.17) is 5.84 Å². The van der Waals surface area contributed by atoms with E-state index < -0.39 is 0 Å². The molecule has 0 aromatic heterocycles. The fourth-order valence-electron chi connectivity index (χ4n) is 0.648. The highest BCUT2D eigenvalue weighted by molar-refractivity contribution is 4.92. The number of hydrogen-bond acceptors (Lipinski definition) is 2. The summed E-state index contributed by atoms with van der Waals surface area (Å²) in [5.41, 5.74) is 0. The lowest BCUT2D eigenvalue weighted by molar-refractivity contribution is 0.330. The van der Waals surface area contributed by atoms with Crippen molar-refractivity contribution in [1.29, 1.82) is 0 Å². The summed E-state index contributed by atoms with van der Waals surface area (Å²) in [7, 11) is 0. The van der Waals surface area contributed by atoms with Gasteiger partial charge < -0.3 is 5.01 Å². The molecule has 0 spiro atoms. The van der Waals surface area contributed by atoms with E-state index in [-0.39, 0.29) is 0 Å². The average molecular weight is 98.1 g/mol. The van der Waals surface area contributed by atoms with Crippen molar-refractivity contribution in [2.75, 3.05) is 0 Å². The lowest BCUT2D eigenvalue weighted by Gasteiger charge is -2.13. The van der Waals surface area contributed by atoms with Crippen LogP contribution in [0.4, 0.5) is 0 Å². The molecule has 0 aromatic carbocycles. The summed E-state index contributed by atoms with van der Waals surface area (Å²) in [6.07, 6.45) is 5.08. The van der Waals surface area contributed by atoms with Gasteiger partial charge in [-0.05, 0) is 13.3 Å². The summed E-state index contributed by atoms with van der Waals surface area (Å²) in [4.78, 5) is 0. The molecular weight excluding hydrogens is 88.1 g/mol. The van der Waals surface area contributed by atoms with Crippen LogP contribution in [0, 0.1) is 0 Å². The Morgan fingerprint density at radius 1 is 1.86 bits per heavy atom. The summed E-state index contributed by atoms with van der Waals surface area (Å²) in [5.74, 6) is 5.42. The van der Waals surface area contributed by atoms with Crippen molar-refractivity contribution in [3.63, 3.8) is 0 Å². The predicted octanol–water partition coefficient (Wildman–Crippen LogP) is 0.468. The highest BCUT2D eigenvalue weighted by Crippen LogP contribution is 2.06. The van der Waals surface area contributed by atoms with E-state index >= 15 is 0 Å². The molecule has 0 amide bonds. The zero-order valence-corrected chi connectivity index (χ0v) is 4.46. The molecule has 0 saturated heterocycles. The SMILES string of the molecule is C[C@H]1CC=CN1N. The molecule has 7 heavy (non-hydrogen) atoms. The maximum atomic E-state index is 5.42. The molecule has 0 fully saturated rings. The molecule has 2 heteroatoms. The van der Waals surface area contributed by atoms with Crippen LogP contribution in [0.1, 0.15) is 13.3 Å². The number of hydrogen-bond donors (Lipinski definition) is 1. The minimum atomic E-state index is 0.514. The van der Waals surface area contributed by atoms with Crippen LogP contribution < -0.4 is 5.84 Å². The van der Waals surface area contributed by atoms with Gasteiger partial charge in [0.25, 0.3) is 0 Å². The van der Waals surface area contributed by atoms with E-state index in [0.717, 1.165) is 6.42 Å². The second-order valence-corrected chi connectivity index (χ2v) is 1.92. The first-order valence-electron chi connectivity index (χ1n) is 2.50. The second-order valence-electron chi connectivity index (χ2n) is 1.92. The third-order valence-corrected chi connectivity index (χ3v) is 1.26. The van der Waals surface area contributed by atoms with E-state index in [0.29, 0.717) is 6.04 Å². The Kier molecular flexibility index (Phi) is 1.02. The minimum Gasteiger partial charge on any atom is -0.316 e. The molecule has 0 bridgehead atoms. The van der Waals surface area contributed by atoms with E-state index in [1.807, 2.05) is 6.20 Å². The molecule has 2 nitrogen and oxygen atoms in total. The molecule has 0 aliphatic carbocycles. The van der Waals surface area contributed by atoms with Gasteiger partial charge in [0.2, 0.25) is 0 Å². The van der Waals surface area contributed by atoms with Gasteiger partial charge in [-0.1, -0.05) is 6.08 Å². The van der Waals surface area contributed by atoms with E-state index in [2.05, 4.69) is 13.0 Å². The molecule has 1 atom stereocenters. The fraction of sp³-hybridized carbons (Fsp3) is 0.600. The van der Waals surface area contributed by atoms with Crippen LogP contribution in [0.25, 0.3) is 0 Å². The monoisotopic (exact) mass is 98.1 g/mol. The summed E-state index contributed by atoms with van der Waals surface area (Å²) in [5, 5.41) is 1.72. The number of nitrogens with zero attached hydrogens (tertiary/aromatic N) is 1. The molecule has 1 heterocycles. The maximum absolute atomic E-state index is 5.42. The van der Waals surface area contributed by atoms with Crippen LogP contribution in [0.5, 0.6) is 0 Å². The van der Waals surface area contributed by atoms with Crippen molar-refractivity contribution >= 4 is 0 Å². The number of hydrazine groups is 1.